The molecule has 0 fully saturated rings. The summed E-state index contributed by atoms with van der Waals surface area (Å²) in [5, 5.41) is 10.7. The molecule has 1 heterocycles. The Labute approximate surface area is 194 Å². The van der Waals surface area contributed by atoms with Gasteiger partial charge >= 0.3 is 0 Å². The molecule has 0 aliphatic rings. The third-order valence-electron chi connectivity index (χ3n) is 4.85. The summed E-state index contributed by atoms with van der Waals surface area (Å²) in [7, 11) is 0. The Kier molecular flexibility index (Phi) is 6.59. The lowest BCUT2D eigenvalue weighted by Gasteiger charge is -2.18. The maximum absolute atomic E-state index is 4.49. The summed E-state index contributed by atoms with van der Waals surface area (Å²) in [6.07, 6.45) is 1.74. The van der Waals surface area contributed by atoms with Gasteiger partial charge in [0.2, 0.25) is 17.8 Å². The van der Waals surface area contributed by atoms with E-state index in [1.807, 2.05) is 72.8 Å². The molecule has 0 aliphatic carbocycles. The Bertz CT molecular complexity index is 1140. The van der Waals surface area contributed by atoms with E-state index >= 15 is 0 Å². The van der Waals surface area contributed by atoms with Gasteiger partial charge in [-0.25, -0.2) is 5.43 Å². The van der Waals surface area contributed by atoms with Crippen LogP contribution in [0.25, 0.3) is 0 Å². The highest BCUT2D eigenvalue weighted by Gasteiger charge is 2.12. The molecule has 0 saturated carbocycles. The van der Waals surface area contributed by atoms with Crippen molar-refractivity contribution in [3.8, 4) is 0 Å². The lowest BCUT2D eigenvalue weighted by molar-refractivity contribution is 0.590. The van der Waals surface area contributed by atoms with E-state index in [2.05, 4.69) is 69.0 Å². The summed E-state index contributed by atoms with van der Waals surface area (Å²) in [6.45, 7) is 6.58. The molecule has 1 aromatic heterocycles. The number of benzene rings is 3. The molecule has 0 bridgehead atoms. The van der Waals surface area contributed by atoms with Gasteiger partial charge in [-0.3, -0.25) is 0 Å². The van der Waals surface area contributed by atoms with E-state index < -0.39 is 0 Å². The van der Waals surface area contributed by atoms with Gasteiger partial charge in [0.1, 0.15) is 0 Å². The summed E-state index contributed by atoms with van der Waals surface area (Å²) in [4.78, 5) is 13.4. The Morgan fingerprint density at radius 3 is 1.61 bits per heavy atom. The highest BCUT2D eigenvalue weighted by Crippen LogP contribution is 2.22. The largest absolute Gasteiger partial charge is 0.324 e. The lowest BCUT2D eigenvalue weighted by atomic mass is 9.87. The Balaban J connectivity index is 1.53. The van der Waals surface area contributed by atoms with Crippen LogP contribution in [0.15, 0.2) is 90.0 Å². The minimum atomic E-state index is 0.114. The molecule has 3 N–H and O–H groups in total. The van der Waals surface area contributed by atoms with E-state index in [1.165, 1.54) is 5.56 Å². The zero-order chi connectivity index (χ0) is 23.1. The second-order valence-electron chi connectivity index (χ2n) is 8.53. The molecule has 33 heavy (non-hydrogen) atoms. The quantitative estimate of drug-likeness (QED) is 0.239. The van der Waals surface area contributed by atoms with Gasteiger partial charge in [-0.1, -0.05) is 81.4 Å². The lowest BCUT2D eigenvalue weighted by Crippen LogP contribution is -2.10. The first-order valence-corrected chi connectivity index (χ1v) is 10.8. The van der Waals surface area contributed by atoms with Gasteiger partial charge in [-0.05, 0) is 40.8 Å². The summed E-state index contributed by atoms with van der Waals surface area (Å²) in [6, 6.07) is 27.8. The molecule has 0 radical (unpaired) electrons. The second kappa shape index (κ2) is 9.91. The standard InChI is InChI=1S/C26H27N7/c1-26(2,3)20-16-14-19(15-17-20)18-27-33-25-31-23(28-21-10-6-4-7-11-21)30-24(32-25)29-22-12-8-5-9-13-22/h4-18H,1-3H3,(H3,28,29,30,31,32,33)/b27-18-. The molecule has 4 aromatic rings. The van der Waals surface area contributed by atoms with Gasteiger partial charge in [0.05, 0.1) is 6.21 Å². The molecular weight excluding hydrogens is 410 g/mol. The van der Waals surface area contributed by atoms with Gasteiger partial charge in [0.25, 0.3) is 0 Å². The molecule has 3 aromatic carbocycles. The minimum Gasteiger partial charge on any atom is -0.324 e. The third-order valence-corrected chi connectivity index (χ3v) is 4.85. The first-order valence-electron chi connectivity index (χ1n) is 10.8. The van der Waals surface area contributed by atoms with E-state index in [1.54, 1.807) is 6.21 Å². The fourth-order valence-corrected chi connectivity index (χ4v) is 3.07. The van der Waals surface area contributed by atoms with Gasteiger partial charge in [-0.15, -0.1) is 0 Å². The molecule has 0 aliphatic heterocycles. The molecule has 0 spiro atoms. The van der Waals surface area contributed by atoms with Gasteiger partial charge in [0, 0.05) is 11.4 Å². The number of nitrogens with zero attached hydrogens (tertiary/aromatic N) is 4. The summed E-state index contributed by atoms with van der Waals surface area (Å²) >= 11 is 0. The van der Waals surface area contributed by atoms with Crippen LogP contribution in [-0.2, 0) is 5.41 Å². The molecule has 166 valence electrons. The number of hydrogen-bond acceptors (Lipinski definition) is 7. The fourth-order valence-electron chi connectivity index (χ4n) is 3.07. The Hall–Kier alpha value is -4.26. The van der Waals surface area contributed by atoms with Crippen LogP contribution in [0.2, 0.25) is 0 Å². The van der Waals surface area contributed by atoms with Gasteiger partial charge in [0.15, 0.2) is 0 Å². The van der Waals surface area contributed by atoms with Crippen molar-refractivity contribution in [1.29, 1.82) is 0 Å². The fraction of sp³-hybridized carbons (Fsp3) is 0.154. The van der Waals surface area contributed by atoms with Crippen LogP contribution in [0, 0.1) is 0 Å². The number of rotatable bonds is 7. The van der Waals surface area contributed by atoms with Crippen LogP contribution in [0.1, 0.15) is 31.9 Å². The Morgan fingerprint density at radius 1 is 0.636 bits per heavy atom. The SMILES string of the molecule is CC(C)(C)c1ccc(/C=N\Nc2nc(Nc3ccccc3)nc(Nc3ccccc3)n2)cc1. The van der Waals surface area contributed by atoms with Crippen molar-refractivity contribution in [2.45, 2.75) is 26.2 Å². The van der Waals surface area contributed by atoms with Crippen LogP contribution in [-0.4, -0.2) is 21.2 Å². The number of anilines is 5. The van der Waals surface area contributed by atoms with E-state index in [9.17, 15) is 0 Å². The van der Waals surface area contributed by atoms with Crippen LogP contribution in [0.4, 0.5) is 29.2 Å². The molecule has 7 nitrogen and oxygen atoms in total. The van der Waals surface area contributed by atoms with Crippen LogP contribution in [0.3, 0.4) is 0 Å². The van der Waals surface area contributed by atoms with E-state index in [4.69, 9.17) is 0 Å². The van der Waals surface area contributed by atoms with Crippen LogP contribution >= 0.6 is 0 Å². The van der Waals surface area contributed by atoms with Crippen molar-refractivity contribution in [3.63, 3.8) is 0 Å². The van der Waals surface area contributed by atoms with Crippen LogP contribution in [0.5, 0.6) is 0 Å². The van der Waals surface area contributed by atoms with Gasteiger partial charge in [-0.2, -0.15) is 20.1 Å². The van der Waals surface area contributed by atoms with E-state index in [0.717, 1.165) is 16.9 Å². The Morgan fingerprint density at radius 2 is 1.12 bits per heavy atom. The van der Waals surface area contributed by atoms with Crippen molar-refractivity contribution in [1.82, 2.24) is 15.0 Å². The average molecular weight is 438 g/mol. The third kappa shape index (κ3) is 6.36. The molecule has 0 saturated heterocycles. The zero-order valence-corrected chi connectivity index (χ0v) is 18.9. The topological polar surface area (TPSA) is 87.1 Å². The zero-order valence-electron chi connectivity index (χ0n) is 18.9. The van der Waals surface area contributed by atoms with E-state index in [-0.39, 0.29) is 5.41 Å². The number of nitrogens with one attached hydrogen (secondary N) is 3. The minimum absolute atomic E-state index is 0.114. The molecular formula is C26H27N7. The molecule has 0 unspecified atom stereocenters. The summed E-state index contributed by atoms with van der Waals surface area (Å²) in [5.74, 6) is 1.13. The van der Waals surface area contributed by atoms with Crippen molar-refractivity contribution < 1.29 is 0 Å². The maximum atomic E-state index is 4.49. The molecule has 7 heteroatoms. The van der Waals surface area contributed by atoms with Crippen LogP contribution < -0.4 is 16.1 Å². The van der Waals surface area contributed by atoms with Crippen molar-refractivity contribution >= 4 is 35.4 Å². The smallest absolute Gasteiger partial charge is 0.250 e. The molecule has 4 rings (SSSR count). The first-order chi connectivity index (χ1) is 16.0. The maximum Gasteiger partial charge on any atom is 0.250 e. The van der Waals surface area contributed by atoms with Crippen molar-refractivity contribution in [3.05, 3.63) is 96.1 Å². The number of para-hydroxylation sites is 2. The molecule has 0 amide bonds. The highest BCUT2D eigenvalue weighted by molar-refractivity contribution is 5.80. The number of hydrazone groups is 1. The highest BCUT2D eigenvalue weighted by atomic mass is 15.4. The van der Waals surface area contributed by atoms with Crippen molar-refractivity contribution in [2.75, 3.05) is 16.1 Å². The van der Waals surface area contributed by atoms with E-state index in [0.29, 0.717) is 17.8 Å². The summed E-state index contributed by atoms with van der Waals surface area (Å²) in [5.41, 5.74) is 7.04. The van der Waals surface area contributed by atoms with Crippen molar-refractivity contribution in [2.24, 2.45) is 5.10 Å². The van der Waals surface area contributed by atoms with Gasteiger partial charge < -0.3 is 10.6 Å². The average Bonchev–Trinajstić information content (AvgIpc) is 2.80. The number of aromatic nitrogens is 3. The predicted octanol–water partition coefficient (Wildman–Crippen LogP) is 6.10. The number of hydrogen-bond donors (Lipinski definition) is 3. The first kappa shape index (κ1) is 22.0. The monoisotopic (exact) mass is 437 g/mol. The predicted molar refractivity (Wildman–Crippen MR) is 136 cm³/mol. The summed E-state index contributed by atoms with van der Waals surface area (Å²) < 4.78 is 0. The second-order valence-corrected chi connectivity index (χ2v) is 8.53. The normalized spacial score (nSPS) is 11.4. The molecule has 0 atom stereocenters.